The van der Waals surface area contributed by atoms with Crippen LogP contribution in [0.2, 0.25) is 0 Å². The largest absolute Gasteiger partial charge is 0.392 e. The molecule has 1 saturated carbocycles. The Balaban J connectivity index is 2.53. The minimum absolute atomic E-state index is 0.170. The Hall–Kier alpha value is -0.520. The Labute approximate surface area is 87.1 Å². The molecule has 0 heterocycles. The lowest BCUT2D eigenvalue weighted by Gasteiger charge is -2.29. The summed E-state index contributed by atoms with van der Waals surface area (Å²) in [5.74, 6) is 2.71. The summed E-state index contributed by atoms with van der Waals surface area (Å²) in [6, 6.07) is 0.170. The van der Waals surface area contributed by atoms with Crippen molar-refractivity contribution in [3.8, 4) is 12.3 Å². The van der Waals surface area contributed by atoms with Gasteiger partial charge in [-0.1, -0.05) is 25.2 Å². The van der Waals surface area contributed by atoms with Gasteiger partial charge < -0.3 is 5.11 Å². The Bertz CT molecular complexity index is 217. The molecule has 1 aliphatic carbocycles. The summed E-state index contributed by atoms with van der Waals surface area (Å²) in [6.07, 6.45) is 10.7. The molecule has 2 nitrogen and oxygen atoms in total. The number of terminal acetylenes is 1. The number of nitrogens with one attached hydrogen (secondary N) is 1. The highest BCUT2D eigenvalue weighted by atomic mass is 16.3. The van der Waals surface area contributed by atoms with E-state index >= 15 is 0 Å². The highest BCUT2D eigenvalue weighted by Gasteiger charge is 2.26. The predicted octanol–water partition coefficient (Wildman–Crippen LogP) is 1.68. The highest BCUT2D eigenvalue weighted by Crippen LogP contribution is 2.19. The van der Waals surface area contributed by atoms with E-state index in [-0.39, 0.29) is 17.7 Å². The van der Waals surface area contributed by atoms with E-state index < -0.39 is 0 Å². The normalized spacial score (nSPS) is 29.3. The highest BCUT2D eigenvalue weighted by molar-refractivity contribution is 5.08. The van der Waals surface area contributed by atoms with Gasteiger partial charge in [-0.05, 0) is 26.7 Å². The van der Waals surface area contributed by atoms with Crippen molar-refractivity contribution in [1.29, 1.82) is 0 Å². The number of hydrogen-bond donors (Lipinski definition) is 2. The fourth-order valence-corrected chi connectivity index (χ4v) is 1.96. The van der Waals surface area contributed by atoms with Crippen LogP contribution in [-0.2, 0) is 0 Å². The summed E-state index contributed by atoms with van der Waals surface area (Å²) in [6.45, 7) is 3.95. The second kappa shape index (κ2) is 4.82. The van der Waals surface area contributed by atoms with E-state index in [0.717, 1.165) is 19.3 Å². The van der Waals surface area contributed by atoms with E-state index in [2.05, 4.69) is 11.2 Å². The summed E-state index contributed by atoms with van der Waals surface area (Å²) in [5, 5.41) is 13.2. The van der Waals surface area contributed by atoms with Crippen molar-refractivity contribution in [2.24, 2.45) is 0 Å². The van der Waals surface area contributed by atoms with E-state index in [4.69, 9.17) is 6.42 Å². The van der Waals surface area contributed by atoms with Crippen LogP contribution in [0.1, 0.15) is 46.0 Å². The summed E-state index contributed by atoms with van der Waals surface area (Å²) >= 11 is 0. The van der Waals surface area contributed by atoms with Crippen LogP contribution in [0, 0.1) is 12.3 Å². The third kappa shape index (κ3) is 3.32. The molecule has 0 aromatic rings. The molecule has 0 radical (unpaired) electrons. The minimum Gasteiger partial charge on any atom is -0.392 e. The van der Waals surface area contributed by atoms with Gasteiger partial charge in [0.2, 0.25) is 0 Å². The zero-order valence-electron chi connectivity index (χ0n) is 9.21. The number of rotatable bonds is 2. The van der Waals surface area contributed by atoms with Crippen LogP contribution in [0.15, 0.2) is 0 Å². The second-order valence-electron chi connectivity index (χ2n) is 4.73. The van der Waals surface area contributed by atoms with Gasteiger partial charge in [0, 0.05) is 6.04 Å². The Morgan fingerprint density at radius 1 is 1.29 bits per heavy atom. The van der Waals surface area contributed by atoms with Gasteiger partial charge in [-0.25, -0.2) is 0 Å². The molecule has 0 spiro atoms. The Morgan fingerprint density at radius 2 is 1.93 bits per heavy atom. The molecule has 1 fully saturated rings. The molecule has 0 saturated heterocycles. The van der Waals surface area contributed by atoms with Crippen molar-refractivity contribution in [3.05, 3.63) is 0 Å². The zero-order chi connectivity index (χ0) is 10.6. The maximum Gasteiger partial charge on any atom is 0.0744 e. The lowest BCUT2D eigenvalue weighted by atomic mass is 10.00. The van der Waals surface area contributed by atoms with Crippen molar-refractivity contribution < 1.29 is 5.11 Å². The molecule has 2 unspecified atom stereocenters. The monoisotopic (exact) mass is 195 g/mol. The fraction of sp³-hybridized carbons (Fsp3) is 0.833. The molecule has 2 heteroatoms. The third-order valence-electron chi connectivity index (χ3n) is 2.89. The zero-order valence-corrected chi connectivity index (χ0v) is 9.21. The molecule has 0 amide bonds. The molecule has 14 heavy (non-hydrogen) atoms. The average molecular weight is 195 g/mol. The van der Waals surface area contributed by atoms with Crippen LogP contribution >= 0.6 is 0 Å². The van der Waals surface area contributed by atoms with E-state index in [0.29, 0.717) is 0 Å². The molecular formula is C12H21NO. The topological polar surface area (TPSA) is 32.3 Å². The van der Waals surface area contributed by atoms with Crippen molar-refractivity contribution in [3.63, 3.8) is 0 Å². The van der Waals surface area contributed by atoms with Crippen LogP contribution in [0.4, 0.5) is 0 Å². The van der Waals surface area contributed by atoms with Crippen LogP contribution in [-0.4, -0.2) is 22.8 Å². The van der Waals surface area contributed by atoms with Gasteiger partial charge in [-0.2, -0.15) is 0 Å². The Kier molecular flexibility index (Phi) is 3.97. The van der Waals surface area contributed by atoms with Crippen molar-refractivity contribution >= 4 is 0 Å². The fourth-order valence-electron chi connectivity index (χ4n) is 1.96. The minimum atomic E-state index is -0.310. The third-order valence-corrected chi connectivity index (χ3v) is 2.89. The van der Waals surface area contributed by atoms with Gasteiger partial charge in [0.05, 0.1) is 11.6 Å². The van der Waals surface area contributed by atoms with E-state index in [1.54, 1.807) is 0 Å². The van der Waals surface area contributed by atoms with Gasteiger partial charge in [0.1, 0.15) is 0 Å². The first-order chi connectivity index (χ1) is 6.55. The lowest BCUT2D eigenvalue weighted by Crippen LogP contribution is -2.49. The first-order valence-electron chi connectivity index (χ1n) is 5.49. The smallest absolute Gasteiger partial charge is 0.0744 e. The van der Waals surface area contributed by atoms with Crippen molar-refractivity contribution in [1.82, 2.24) is 5.32 Å². The molecule has 1 aliphatic rings. The number of hydrogen-bond acceptors (Lipinski definition) is 2. The summed E-state index contributed by atoms with van der Waals surface area (Å²) < 4.78 is 0. The molecule has 2 N–H and O–H groups in total. The quantitative estimate of drug-likeness (QED) is 0.519. The average Bonchev–Trinajstić information content (AvgIpc) is 2.32. The van der Waals surface area contributed by atoms with Crippen LogP contribution in [0.5, 0.6) is 0 Å². The summed E-state index contributed by atoms with van der Waals surface area (Å²) in [4.78, 5) is 0. The van der Waals surface area contributed by atoms with E-state index in [1.807, 2.05) is 13.8 Å². The van der Waals surface area contributed by atoms with E-state index in [9.17, 15) is 5.11 Å². The molecule has 80 valence electrons. The van der Waals surface area contributed by atoms with Gasteiger partial charge in [0.25, 0.3) is 0 Å². The van der Waals surface area contributed by atoms with E-state index in [1.165, 1.54) is 12.8 Å². The van der Waals surface area contributed by atoms with Crippen molar-refractivity contribution in [2.75, 3.05) is 0 Å². The summed E-state index contributed by atoms with van der Waals surface area (Å²) in [7, 11) is 0. The van der Waals surface area contributed by atoms with Gasteiger partial charge in [0.15, 0.2) is 0 Å². The lowest BCUT2D eigenvalue weighted by molar-refractivity contribution is 0.110. The number of aliphatic hydroxyl groups excluding tert-OH is 1. The second-order valence-corrected chi connectivity index (χ2v) is 4.73. The molecule has 0 aliphatic heterocycles. The molecule has 1 rings (SSSR count). The summed E-state index contributed by atoms with van der Waals surface area (Å²) in [5.41, 5.74) is -0.310. The number of aliphatic hydroxyl groups is 1. The Morgan fingerprint density at radius 3 is 2.57 bits per heavy atom. The molecular weight excluding hydrogens is 174 g/mol. The molecule has 0 aromatic heterocycles. The van der Waals surface area contributed by atoms with Crippen LogP contribution in [0.3, 0.4) is 0 Å². The first-order valence-corrected chi connectivity index (χ1v) is 5.49. The van der Waals surface area contributed by atoms with Crippen LogP contribution in [0.25, 0.3) is 0 Å². The van der Waals surface area contributed by atoms with Gasteiger partial charge in [-0.3, -0.25) is 5.32 Å². The van der Waals surface area contributed by atoms with Crippen molar-refractivity contribution in [2.45, 2.75) is 63.6 Å². The molecule has 2 atom stereocenters. The first kappa shape index (κ1) is 11.6. The van der Waals surface area contributed by atoms with Gasteiger partial charge in [-0.15, -0.1) is 6.42 Å². The molecule has 0 bridgehead atoms. The maximum atomic E-state index is 9.88. The maximum absolute atomic E-state index is 9.88. The SMILES string of the molecule is C#CC(C)(C)NC1CCCCCC1O. The van der Waals surface area contributed by atoms with Gasteiger partial charge >= 0.3 is 0 Å². The molecule has 0 aromatic carbocycles. The standard InChI is InChI=1S/C12H21NO/c1-4-12(2,3)13-10-8-6-5-7-9-11(10)14/h1,10-11,13-14H,5-9H2,2-3H3. The predicted molar refractivity (Wildman–Crippen MR) is 58.9 cm³/mol. The van der Waals surface area contributed by atoms with Crippen LogP contribution < -0.4 is 5.32 Å².